The molecule has 29 heavy (non-hydrogen) atoms. The Morgan fingerprint density at radius 2 is 1.93 bits per heavy atom. The van der Waals surface area contributed by atoms with Crippen LogP contribution in [-0.4, -0.2) is 73.3 Å². The van der Waals surface area contributed by atoms with Crippen molar-refractivity contribution in [2.45, 2.75) is 20.0 Å². The van der Waals surface area contributed by atoms with E-state index in [9.17, 15) is 9.18 Å². The van der Waals surface area contributed by atoms with E-state index in [1.807, 2.05) is 0 Å². The number of likely N-dealkylation sites (N-methyl/N-ethyl adjacent to an activating group) is 1. The summed E-state index contributed by atoms with van der Waals surface area (Å²) in [5.74, 6) is 0.0952. The van der Waals surface area contributed by atoms with E-state index in [0.717, 1.165) is 51.3 Å². The first kappa shape index (κ1) is 21.4. The maximum absolute atomic E-state index is 13.0. The minimum atomic E-state index is -0.304. The molecule has 0 radical (unpaired) electrons. The molecule has 0 unspecified atom stereocenters. The van der Waals surface area contributed by atoms with E-state index in [1.54, 1.807) is 18.2 Å². The lowest BCUT2D eigenvalue weighted by atomic mass is 10.1. The SMILES string of the molecule is CCN1CCN(CCCNC(=O)COCc2cc(-c3ccc(F)cc3)on2)CC1. The van der Waals surface area contributed by atoms with Crippen LogP contribution >= 0.6 is 0 Å². The van der Waals surface area contributed by atoms with Crippen molar-refractivity contribution in [1.29, 1.82) is 0 Å². The molecule has 7 nitrogen and oxygen atoms in total. The predicted octanol–water partition coefficient (Wildman–Crippen LogP) is 2.14. The number of nitrogens with zero attached hydrogens (tertiary/aromatic N) is 3. The van der Waals surface area contributed by atoms with Crippen molar-refractivity contribution in [2.75, 3.05) is 52.4 Å². The quantitative estimate of drug-likeness (QED) is 0.612. The number of hydrogen-bond acceptors (Lipinski definition) is 6. The number of benzene rings is 1. The Labute approximate surface area is 170 Å². The second-order valence-corrected chi connectivity index (χ2v) is 7.16. The molecule has 1 aliphatic rings. The molecule has 0 spiro atoms. The molecule has 0 saturated carbocycles. The highest BCUT2D eigenvalue weighted by Gasteiger charge is 2.14. The summed E-state index contributed by atoms with van der Waals surface area (Å²) in [6.07, 6.45) is 0.933. The zero-order valence-electron chi connectivity index (χ0n) is 16.9. The van der Waals surface area contributed by atoms with Crippen LogP contribution in [0.3, 0.4) is 0 Å². The van der Waals surface area contributed by atoms with Crippen LogP contribution in [0.5, 0.6) is 0 Å². The van der Waals surface area contributed by atoms with E-state index >= 15 is 0 Å². The third kappa shape index (κ3) is 6.92. The molecule has 1 amide bonds. The first-order valence-electron chi connectivity index (χ1n) is 10.1. The summed E-state index contributed by atoms with van der Waals surface area (Å²) in [4.78, 5) is 16.8. The highest BCUT2D eigenvalue weighted by Crippen LogP contribution is 2.20. The molecule has 158 valence electrons. The molecule has 8 heteroatoms. The second-order valence-electron chi connectivity index (χ2n) is 7.16. The van der Waals surface area contributed by atoms with Gasteiger partial charge in [-0.25, -0.2) is 4.39 Å². The summed E-state index contributed by atoms with van der Waals surface area (Å²) in [6, 6.07) is 7.70. The van der Waals surface area contributed by atoms with Crippen molar-refractivity contribution in [3.05, 3.63) is 41.8 Å². The van der Waals surface area contributed by atoms with Gasteiger partial charge in [-0.1, -0.05) is 12.1 Å². The van der Waals surface area contributed by atoms with Gasteiger partial charge in [0.15, 0.2) is 5.76 Å². The van der Waals surface area contributed by atoms with E-state index in [2.05, 4.69) is 27.2 Å². The normalized spacial score (nSPS) is 15.5. The zero-order valence-corrected chi connectivity index (χ0v) is 16.9. The van der Waals surface area contributed by atoms with E-state index in [0.29, 0.717) is 18.0 Å². The highest BCUT2D eigenvalue weighted by molar-refractivity contribution is 5.77. The molecule has 3 rings (SSSR count). The molecule has 2 heterocycles. The van der Waals surface area contributed by atoms with E-state index in [4.69, 9.17) is 9.26 Å². The van der Waals surface area contributed by atoms with Crippen molar-refractivity contribution in [1.82, 2.24) is 20.3 Å². The number of amides is 1. The van der Waals surface area contributed by atoms with Crippen LogP contribution in [-0.2, 0) is 16.1 Å². The number of carbonyl (C=O) groups is 1. The Kier molecular flexibility index (Phi) is 8.15. The lowest BCUT2D eigenvalue weighted by Gasteiger charge is -2.33. The molecule has 1 aromatic heterocycles. The van der Waals surface area contributed by atoms with Crippen LogP contribution in [0.2, 0.25) is 0 Å². The lowest BCUT2D eigenvalue weighted by Crippen LogP contribution is -2.46. The van der Waals surface area contributed by atoms with Gasteiger partial charge in [0.2, 0.25) is 5.91 Å². The fraction of sp³-hybridized carbons (Fsp3) is 0.524. The molecule has 1 saturated heterocycles. The Bertz CT molecular complexity index is 758. The fourth-order valence-corrected chi connectivity index (χ4v) is 3.29. The number of rotatable bonds is 10. The number of carbonyl (C=O) groups excluding carboxylic acids is 1. The molecular weight excluding hydrogens is 375 g/mol. The Morgan fingerprint density at radius 1 is 1.21 bits per heavy atom. The van der Waals surface area contributed by atoms with Gasteiger partial charge in [-0.2, -0.15) is 0 Å². The summed E-state index contributed by atoms with van der Waals surface area (Å²) < 4.78 is 23.6. The largest absolute Gasteiger partial charge is 0.365 e. The van der Waals surface area contributed by atoms with Crippen LogP contribution in [0.25, 0.3) is 11.3 Å². The predicted molar refractivity (Wildman–Crippen MR) is 108 cm³/mol. The van der Waals surface area contributed by atoms with Gasteiger partial charge in [0.1, 0.15) is 18.1 Å². The Morgan fingerprint density at radius 3 is 2.66 bits per heavy atom. The molecule has 1 aromatic carbocycles. The van der Waals surface area contributed by atoms with Crippen molar-refractivity contribution in [3.8, 4) is 11.3 Å². The third-order valence-corrected chi connectivity index (χ3v) is 5.06. The van der Waals surface area contributed by atoms with Gasteiger partial charge in [0.25, 0.3) is 0 Å². The van der Waals surface area contributed by atoms with Gasteiger partial charge >= 0.3 is 0 Å². The van der Waals surface area contributed by atoms with Gasteiger partial charge in [0, 0.05) is 44.4 Å². The van der Waals surface area contributed by atoms with Crippen molar-refractivity contribution >= 4 is 5.91 Å². The number of halogens is 1. The Hall–Kier alpha value is -2.29. The van der Waals surface area contributed by atoms with Crippen LogP contribution in [0.4, 0.5) is 4.39 Å². The molecular formula is C21H29FN4O3. The number of hydrogen-bond donors (Lipinski definition) is 1. The maximum atomic E-state index is 13.0. The number of aromatic nitrogens is 1. The van der Waals surface area contributed by atoms with Gasteiger partial charge in [-0.3, -0.25) is 4.79 Å². The standard InChI is InChI=1S/C21H29FN4O3/c1-2-25-10-12-26(13-11-25)9-3-8-23-21(27)16-28-15-19-14-20(29-24-19)17-4-6-18(22)7-5-17/h4-7,14H,2-3,8-13,15-16H2,1H3,(H,23,27). The maximum Gasteiger partial charge on any atom is 0.246 e. The van der Waals surface area contributed by atoms with E-state index < -0.39 is 0 Å². The minimum absolute atomic E-state index is 0.0199. The van der Waals surface area contributed by atoms with Gasteiger partial charge < -0.3 is 24.4 Å². The van der Waals surface area contributed by atoms with Crippen LogP contribution in [0.1, 0.15) is 19.0 Å². The van der Waals surface area contributed by atoms with Crippen molar-refractivity contribution < 1.29 is 18.4 Å². The third-order valence-electron chi connectivity index (χ3n) is 5.06. The first-order valence-corrected chi connectivity index (χ1v) is 10.1. The molecule has 1 fully saturated rings. The summed E-state index contributed by atoms with van der Waals surface area (Å²) in [7, 11) is 0. The van der Waals surface area contributed by atoms with Crippen LogP contribution in [0.15, 0.2) is 34.9 Å². The monoisotopic (exact) mass is 404 g/mol. The average Bonchev–Trinajstić information content (AvgIpc) is 3.21. The lowest BCUT2D eigenvalue weighted by molar-refractivity contribution is -0.126. The average molecular weight is 404 g/mol. The summed E-state index contributed by atoms with van der Waals surface area (Å²) >= 11 is 0. The van der Waals surface area contributed by atoms with Crippen molar-refractivity contribution in [2.24, 2.45) is 0 Å². The van der Waals surface area contributed by atoms with Gasteiger partial charge in [-0.05, 0) is 43.8 Å². The van der Waals surface area contributed by atoms with Crippen molar-refractivity contribution in [3.63, 3.8) is 0 Å². The minimum Gasteiger partial charge on any atom is -0.365 e. The smallest absolute Gasteiger partial charge is 0.246 e. The summed E-state index contributed by atoms with van der Waals surface area (Å²) in [6.45, 7) is 9.58. The fourth-order valence-electron chi connectivity index (χ4n) is 3.29. The molecule has 1 aliphatic heterocycles. The molecule has 2 aromatic rings. The topological polar surface area (TPSA) is 70.8 Å². The number of piperazine rings is 1. The van der Waals surface area contributed by atoms with E-state index in [-0.39, 0.29) is 24.9 Å². The summed E-state index contributed by atoms with van der Waals surface area (Å²) in [5.41, 5.74) is 1.32. The zero-order chi connectivity index (χ0) is 20.5. The Balaban J connectivity index is 1.27. The van der Waals surface area contributed by atoms with Crippen LogP contribution in [0, 0.1) is 5.82 Å². The highest BCUT2D eigenvalue weighted by atomic mass is 19.1. The second kappa shape index (κ2) is 11.0. The molecule has 0 aliphatic carbocycles. The van der Waals surface area contributed by atoms with Gasteiger partial charge in [0.05, 0.1) is 6.61 Å². The first-order chi connectivity index (χ1) is 14.1. The number of nitrogens with one attached hydrogen (secondary N) is 1. The molecule has 0 atom stereocenters. The summed E-state index contributed by atoms with van der Waals surface area (Å²) in [5, 5.41) is 6.80. The van der Waals surface area contributed by atoms with Crippen LogP contribution < -0.4 is 5.32 Å². The van der Waals surface area contributed by atoms with Gasteiger partial charge in [-0.15, -0.1) is 0 Å². The van der Waals surface area contributed by atoms with E-state index in [1.165, 1.54) is 12.1 Å². The molecule has 0 bridgehead atoms. The number of ether oxygens (including phenoxy) is 1. The molecule has 1 N–H and O–H groups in total.